The fraction of sp³-hybridized carbons (Fsp3) is 0.500. The third-order valence-electron chi connectivity index (χ3n) is 2.86. The van der Waals surface area contributed by atoms with Gasteiger partial charge in [-0.3, -0.25) is 0 Å². The smallest absolute Gasteiger partial charge is 0.323 e. The van der Waals surface area contributed by atoms with Crippen molar-refractivity contribution in [3.63, 3.8) is 0 Å². The number of nitrogens with one attached hydrogen (secondary N) is 2. The van der Waals surface area contributed by atoms with Gasteiger partial charge < -0.3 is 15.4 Å². The molecule has 6 nitrogen and oxygen atoms in total. The Morgan fingerprint density at radius 3 is 2.38 bits per heavy atom. The summed E-state index contributed by atoms with van der Waals surface area (Å²) >= 11 is 1.78. The number of thiophene rings is 1. The van der Waals surface area contributed by atoms with Gasteiger partial charge in [0, 0.05) is 16.3 Å². The molecule has 21 heavy (non-hydrogen) atoms. The summed E-state index contributed by atoms with van der Waals surface area (Å²) in [4.78, 5) is 15.4. The summed E-state index contributed by atoms with van der Waals surface area (Å²) in [5.41, 5.74) is 1.32. The molecular formula is C14H21N5OS. The topological polar surface area (TPSA) is 72.0 Å². The fourth-order valence-electron chi connectivity index (χ4n) is 1.77. The maximum absolute atomic E-state index is 5.37. The van der Waals surface area contributed by atoms with Gasteiger partial charge in [0.2, 0.25) is 11.9 Å². The SMILES string of the molecule is CCNc1nc(NCc2cc(C)c(C)s2)nc(OCC)n1. The van der Waals surface area contributed by atoms with E-state index in [1.807, 2.05) is 13.8 Å². The first kappa shape index (κ1) is 15.5. The molecule has 2 heterocycles. The highest BCUT2D eigenvalue weighted by atomic mass is 32.1. The third-order valence-corrected chi connectivity index (χ3v) is 4.01. The van der Waals surface area contributed by atoms with Crippen LogP contribution in [0.5, 0.6) is 6.01 Å². The van der Waals surface area contributed by atoms with E-state index in [1.165, 1.54) is 15.3 Å². The molecule has 0 fully saturated rings. The van der Waals surface area contributed by atoms with Crippen LogP contribution in [-0.2, 0) is 6.54 Å². The zero-order valence-electron chi connectivity index (χ0n) is 12.9. The number of hydrogen-bond acceptors (Lipinski definition) is 7. The van der Waals surface area contributed by atoms with Gasteiger partial charge in [-0.05, 0) is 39.3 Å². The Kier molecular flexibility index (Phi) is 5.32. The maximum Gasteiger partial charge on any atom is 0.323 e. The molecule has 114 valence electrons. The summed E-state index contributed by atoms with van der Waals surface area (Å²) < 4.78 is 5.37. The van der Waals surface area contributed by atoms with Crippen molar-refractivity contribution in [2.75, 3.05) is 23.8 Å². The Labute approximate surface area is 129 Å². The summed E-state index contributed by atoms with van der Waals surface area (Å²) in [6, 6.07) is 2.52. The van der Waals surface area contributed by atoms with Crippen molar-refractivity contribution in [3.8, 4) is 6.01 Å². The number of nitrogens with zero attached hydrogens (tertiary/aromatic N) is 3. The minimum absolute atomic E-state index is 0.337. The van der Waals surface area contributed by atoms with Crippen molar-refractivity contribution < 1.29 is 4.74 Å². The van der Waals surface area contributed by atoms with E-state index in [0.29, 0.717) is 31.1 Å². The number of aryl methyl sites for hydroxylation is 2. The van der Waals surface area contributed by atoms with Gasteiger partial charge in [0.1, 0.15) is 0 Å². The van der Waals surface area contributed by atoms with Crippen LogP contribution in [0.4, 0.5) is 11.9 Å². The van der Waals surface area contributed by atoms with E-state index < -0.39 is 0 Å². The van der Waals surface area contributed by atoms with Crippen LogP contribution in [0.2, 0.25) is 0 Å². The molecule has 0 aromatic carbocycles. The number of ether oxygens (including phenoxy) is 1. The van der Waals surface area contributed by atoms with Gasteiger partial charge in [-0.15, -0.1) is 11.3 Å². The second-order valence-corrected chi connectivity index (χ2v) is 5.87. The average Bonchev–Trinajstić information content (AvgIpc) is 2.76. The molecule has 0 aliphatic carbocycles. The number of hydrogen-bond donors (Lipinski definition) is 2. The lowest BCUT2D eigenvalue weighted by molar-refractivity contribution is 0.312. The van der Waals surface area contributed by atoms with Gasteiger partial charge in [-0.2, -0.15) is 15.0 Å². The monoisotopic (exact) mass is 307 g/mol. The zero-order valence-corrected chi connectivity index (χ0v) is 13.7. The fourth-order valence-corrected chi connectivity index (χ4v) is 2.76. The van der Waals surface area contributed by atoms with E-state index in [9.17, 15) is 0 Å². The van der Waals surface area contributed by atoms with E-state index in [4.69, 9.17) is 4.74 Å². The molecule has 0 aliphatic rings. The van der Waals surface area contributed by atoms with Crippen molar-refractivity contribution in [2.45, 2.75) is 34.2 Å². The summed E-state index contributed by atoms with van der Waals surface area (Å²) in [7, 11) is 0. The minimum atomic E-state index is 0.337. The Bertz CT molecular complexity index is 555. The standard InChI is InChI=1S/C14H21N5OS/c1-5-15-12-17-13(19-14(18-12)20-6-2)16-8-11-7-9(3)10(4)21-11/h7H,5-6,8H2,1-4H3,(H2,15,16,17,18,19). The van der Waals surface area contributed by atoms with Gasteiger partial charge in [-0.25, -0.2) is 0 Å². The molecule has 0 bridgehead atoms. The molecule has 2 N–H and O–H groups in total. The molecule has 0 saturated heterocycles. The molecule has 0 saturated carbocycles. The van der Waals surface area contributed by atoms with Crippen LogP contribution in [0.3, 0.4) is 0 Å². The zero-order chi connectivity index (χ0) is 15.2. The lowest BCUT2D eigenvalue weighted by Gasteiger charge is -2.08. The molecule has 7 heteroatoms. The normalized spacial score (nSPS) is 10.5. The van der Waals surface area contributed by atoms with Gasteiger partial charge in [0.05, 0.1) is 13.2 Å². The number of rotatable bonds is 7. The summed E-state index contributed by atoms with van der Waals surface area (Å²) in [6.07, 6.45) is 0. The van der Waals surface area contributed by atoms with Crippen LogP contribution >= 0.6 is 11.3 Å². The van der Waals surface area contributed by atoms with E-state index in [-0.39, 0.29) is 0 Å². The highest BCUT2D eigenvalue weighted by molar-refractivity contribution is 7.12. The van der Waals surface area contributed by atoms with Crippen molar-refractivity contribution in [1.82, 2.24) is 15.0 Å². The second kappa shape index (κ2) is 7.21. The molecular weight excluding hydrogens is 286 g/mol. The quantitative estimate of drug-likeness (QED) is 0.819. The predicted molar refractivity (Wildman–Crippen MR) is 86.3 cm³/mol. The first-order chi connectivity index (χ1) is 10.1. The first-order valence-corrected chi connectivity index (χ1v) is 7.86. The summed E-state index contributed by atoms with van der Waals surface area (Å²) in [5, 5.41) is 6.31. The van der Waals surface area contributed by atoms with E-state index in [2.05, 4.69) is 45.5 Å². The summed E-state index contributed by atoms with van der Waals surface area (Å²) in [5.74, 6) is 1.05. The molecule has 0 atom stereocenters. The molecule has 0 spiro atoms. The molecule has 0 radical (unpaired) electrons. The highest BCUT2D eigenvalue weighted by Crippen LogP contribution is 2.21. The van der Waals surface area contributed by atoms with Gasteiger partial charge in [0.25, 0.3) is 0 Å². The Hall–Kier alpha value is -1.89. The Morgan fingerprint density at radius 1 is 1.10 bits per heavy atom. The summed E-state index contributed by atoms with van der Waals surface area (Å²) in [6.45, 7) is 10.1. The lowest BCUT2D eigenvalue weighted by Crippen LogP contribution is -2.10. The van der Waals surface area contributed by atoms with Crippen LogP contribution in [0.25, 0.3) is 0 Å². The van der Waals surface area contributed by atoms with Gasteiger partial charge in [-0.1, -0.05) is 0 Å². The predicted octanol–water partition coefficient (Wildman–Crippen LogP) is 2.99. The molecule has 0 amide bonds. The van der Waals surface area contributed by atoms with Crippen LogP contribution in [0.1, 0.15) is 29.2 Å². The minimum Gasteiger partial charge on any atom is -0.464 e. The first-order valence-electron chi connectivity index (χ1n) is 7.04. The maximum atomic E-state index is 5.37. The van der Waals surface area contributed by atoms with E-state index >= 15 is 0 Å². The van der Waals surface area contributed by atoms with Crippen molar-refractivity contribution in [2.24, 2.45) is 0 Å². The number of anilines is 2. The lowest BCUT2D eigenvalue weighted by atomic mass is 10.3. The third kappa shape index (κ3) is 4.29. The van der Waals surface area contributed by atoms with Gasteiger partial charge >= 0.3 is 6.01 Å². The van der Waals surface area contributed by atoms with Crippen LogP contribution in [0, 0.1) is 13.8 Å². The van der Waals surface area contributed by atoms with Crippen molar-refractivity contribution in [1.29, 1.82) is 0 Å². The molecule has 2 rings (SSSR count). The molecule has 2 aromatic rings. The van der Waals surface area contributed by atoms with Crippen molar-refractivity contribution in [3.05, 3.63) is 21.4 Å². The van der Waals surface area contributed by atoms with Crippen LogP contribution < -0.4 is 15.4 Å². The average molecular weight is 307 g/mol. The van der Waals surface area contributed by atoms with Crippen LogP contribution in [0.15, 0.2) is 6.07 Å². The molecule has 0 unspecified atom stereocenters. The Balaban J connectivity index is 2.10. The molecule has 0 aliphatic heterocycles. The van der Waals surface area contributed by atoms with Crippen LogP contribution in [-0.4, -0.2) is 28.1 Å². The molecule has 2 aromatic heterocycles. The van der Waals surface area contributed by atoms with E-state index in [1.54, 1.807) is 11.3 Å². The van der Waals surface area contributed by atoms with Gasteiger partial charge in [0.15, 0.2) is 0 Å². The van der Waals surface area contributed by atoms with E-state index in [0.717, 1.165) is 6.54 Å². The second-order valence-electron chi connectivity index (χ2n) is 4.53. The Morgan fingerprint density at radius 2 is 1.81 bits per heavy atom. The highest BCUT2D eigenvalue weighted by Gasteiger charge is 2.08. The number of aromatic nitrogens is 3. The van der Waals surface area contributed by atoms with Crippen molar-refractivity contribution >= 4 is 23.2 Å². The largest absolute Gasteiger partial charge is 0.464 e.